The lowest BCUT2D eigenvalue weighted by atomic mass is 9.66. The highest BCUT2D eigenvalue weighted by molar-refractivity contribution is 5.92. The third kappa shape index (κ3) is 2.57. The zero-order chi connectivity index (χ0) is 19.7. The molecule has 0 radical (unpaired) electrons. The highest BCUT2D eigenvalue weighted by Gasteiger charge is 2.66. The number of esters is 1. The summed E-state index contributed by atoms with van der Waals surface area (Å²) in [7, 11) is 0. The van der Waals surface area contributed by atoms with Gasteiger partial charge in [0, 0.05) is 12.8 Å². The second-order valence-corrected chi connectivity index (χ2v) is 9.97. The molecule has 1 aliphatic heterocycles. The SMILES string of the molecule is CC(=O)OC1C(=O)C2C3OCC4=C3C(C)(CCC4O)CCC2(C)C1C(C)C. The van der Waals surface area contributed by atoms with Crippen LogP contribution in [0.4, 0.5) is 0 Å². The third-order valence-electron chi connectivity index (χ3n) is 7.99. The molecule has 7 atom stereocenters. The molecule has 0 spiro atoms. The summed E-state index contributed by atoms with van der Waals surface area (Å²) in [6.45, 7) is 10.5. The van der Waals surface area contributed by atoms with Crippen LogP contribution in [0.15, 0.2) is 11.1 Å². The van der Waals surface area contributed by atoms with Gasteiger partial charge in [0.2, 0.25) is 0 Å². The van der Waals surface area contributed by atoms with Crippen molar-refractivity contribution >= 4 is 11.8 Å². The first-order valence-electron chi connectivity index (χ1n) is 10.3. The third-order valence-corrected chi connectivity index (χ3v) is 7.99. The summed E-state index contributed by atoms with van der Waals surface area (Å²) in [5, 5.41) is 10.5. The van der Waals surface area contributed by atoms with E-state index in [1.807, 2.05) is 0 Å². The molecule has 0 amide bonds. The van der Waals surface area contributed by atoms with Crippen molar-refractivity contribution in [3.05, 3.63) is 11.1 Å². The summed E-state index contributed by atoms with van der Waals surface area (Å²) in [6.07, 6.45) is 2.16. The second-order valence-electron chi connectivity index (χ2n) is 9.97. The van der Waals surface area contributed by atoms with Gasteiger partial charge in [-0.15, -0.1) is 0 Å². The van der Waals surface area contributed by atoms with Gasteiger partial charge in [-0.1, -0.05) is 27.7 Å². The first-order chi connectivity index (χ1) is 12.6. The standard InChI is InChI=1S/C22H32O5/c1-11(2)15-20(27-12(3)23)18(25)17-19-16-13(10-26-19)14(24)6-7-21(16,4)8-9-22(15,17)5/h11,14-15,17,19-20,24H,6-10H2,1-5H3. The molecule has 0 aromatic heterocycles. The number of hydrogen-bond donors (Lipinski definition) is 1. The molecule has 7 unspecified atom stereocenters. The molecule has 1 N–H and O–H groups in total. The number of fused-ring (bicyclic) bond motifs is 2. The maximum Gasteiger partial charge on any atom is 0.303 e. The van der Waals surface area contributed by atoms with Crippen LogP contribution >= 0.6 is 0 Å². The van der Waals surface area contributed by atoms with Crippen molar-refractivity contribution in [1.29, 1.82) is 0 Å². The molecule has 4 aliphatic rings. The first-order valence-corrected chi connectivity index (χ1v) is 10.3. The fourth-order valence-electron chi connectivity index (χ4n) is 6.83. The largest absolute Gasteiger partial charge is 0.454 e. The van der Waals surface area contributed by atoms with Crippen LogP contribution in [0.2, 0.25) is 0 Å². The zero-order valence-corrected chi connectivity index (χ0v) is 17.1. The number of hydrogen-bond acceptors (Lipinski definition) is 5. The van der Waals surface area contributed by atoms with Crippen LogP contribution in [-0.2, 0) is 19.1 Å². The van der Waals surface area contributed by atoms with Crippen LogP contribution in [0.5, 0.6) is 0 Å². The molecule has 150 valence electrons. The van der Waals surface area contributed by atoms with Gasteiger partial charge in [-0.05, 0) is 53.6 Å². The van der Waals surface area contributed by atoms with E-state index in [0.717, 1.165) is 31.3 Å². The number of ether oxygens (including phenoxy) is 2. The summed E-state index contributed by atoms with van der Waals surface area (Å²) in [4.78, 5) is 25.3. The van der Waals surface area contributed by atoms with Gasteiger partial charge in [-0.25, -0.2) is 0 Å². The van der Waals surface area contributed by atoms with E-state index in [-0.39, 0.29) is 40.5 Å². The van der Waals surface area contributed by atoms with E-state index in [2.05, 4.69) is 27.7 Å². The predicted octanol–water partition coefficient (Wildman–Crippen LogP) is 3.05. The lowest BCUT2D eigenvalue weighted by Crippen LogP contribution is -2.40. The quantitative estimate of drug-likeness (QED) is 0.592. The summed E-state index contributed by atoms with van der Waals surface area (Å²) in [5.74, 6) is -0.491. The molecular weight excluding hydrogens is 344 g/mol. The van der Waals surface area contributed by atoms with E-state index < -0.39 is 18.2 Å². The van der Waals surface area contributed by atoms with E-state index in [9.17, 15) is 14.7 Å². The van der Waals surface area contributed by atoms with Gasteiger partial charge in [0.25, 0.3) is 0 Å². The Morgan fingerprint density at radius 3 is 2.59 bits per heavy atom. The minimum atomic E-state index is -0.691. The van der Waals surface area contributed by atoms with Crippen molar-refractivity contribution in [2.75, 3.05) is 6.61 Å². The highest BCUT2D eigenvalue weighted by atomic mass is 16.5. The van der Waals surface area contributed by atoms with Crippen molar-refractivity contribution in [2.24, 2.45) is 28.6 Å². The van der Waals surface area contributed by atoms with Gasteiger partial charge >= 0.3 is 5.97 Å². The van der Waals surface area contributed by atoms with Crippen LogP contribution in [0.1, 0.15) is 60.3 Å². The molecule has 5 heteroatoms. The minimum Gasteiger partial charge on any atom is -0.454 e. The number of aliphatic hydroxyl groups excluding tert-OH is 1. The molecule has 3 aliphatic carbocycles. The van der Waals surface area contributed by atoms with E-state index in [1.54, 1.807) is 0 Å². The summed E-state index contributed by atoms with van der Waals surface area (Å²) >= 11 is 0. The lowest BCUT2D eigenvalue weighted by Gasteiger charge is -2.39. The second kappa shape index (κ2) is 6.15. The van der Waals surface area contributed by atoms with E-state index in [0.29, 0.717) is 6.61 Å². The molecule has 2 fully saturated rings. The number of carbonyl (C=O) groups is 2. The number of ketones is 1. The molecular formula is C22H32O5. The van der Waals surface area contributed by atoms with Crippen LogP contribution in [0.3, 0.4) is 0 Å². The van der Waals surface area contributed by atoms with Crippen molar-refractivity contribution in [2.45, 2.75) is 78.6 Å². The van der Waals surface area contributed by atoms with Crippen molar-refractivity contribution < 1.29 is 24.2 Å². The lowest BCUT2D eigenvalue weighted by molar-refractivity contribution is -0.155. The molecule has 4 rings (SSSR count). The van der Waals surface area contributed by atoms with Crippen LogP contribution < -0.4 is 0 Å². The molecule has 2 saturated carbocycles. The fourth-order valence-corrected chi connectivity index (χ4v) is 6.83. The molecule has 0 saturated heterocycles. The number of Topliss-reactive ketones (excluding diaryl/α,β-unsaturated/α-hetero) is 1. The van der Waals surface area contributed by atoms with Gasteiger partial charge in [0.05, 0.1) is 24.7 Å². The topological polar surface area (TPSA) is 72.8 Å². The van der Waals surface area contributed by atoms with Gasteiger partial charge in [0.1, 0.15) is 0 Å². The summed E-state index contributed by atoms with van der Waals surface area (Å²) in [6, 6.07) is 0. The monoisotopic (exact) mass is 376 g/mol. The predicted molar refractivity (Wildman–Crippen MR) is 99.8 cm³/mol. The molecule has 0 aromatic rings. The minimum absolute atomic E-state index is 0.00876. The number of rotatable bonds is 2. The van der Waals surface area contributed by atoms with E-state index in [1.165, 1.54) is 12.5 Å². The van der Waals surface area contributed by atoms with Crippen molar-refractivity contribution in [3.8, 4) is 0 Å². The van der Waals surface area contributed by atoms with Gasteiger partial charge < -0.3 is 14.6 Å². The number of carbonyl (C=O) groups excluding carboxylic acids is 2. The smallest absolute Gasteiger partial charge is 0.303 e. The summed E-state index contributed by atoms with van der Waals surface area (Å²) < 4.78 is 11.8. The molecule has 1 heterocycles. The molecule has 0 aromatic carbocycles. The highest BCUT2D eigenvalue weighted by Crippen LogP contribution is 2.63. The molecule has 0 bridgehead atoms. The van der Waals surface area contributed by atoms with Crippen LogP contribution in [0.25, 0.3) is 0 Å². The Bertz CT molecular complexity index is 709. The Hall–Kier alpha value is -1.20. The van der Waals surface area contributed by atoms with Crippen LogP contribution in [-0.4, -0.2) is 41.8 Å². The average Bonchev–Trinajstić information content (AvgIpc) is 3.06. The molecule has 27 heavy (non-hydrogen) atoms. The fraction of sp³-hybridized carbons (Fsp3) is 0.818. The van der Waals surface area contributed by atoms with E-state index >= 15 is 0 Å². The van der Waals surface area contributed by atoms with Crippen molar-refractivity contribution in [3.63, 3.8) is 0 Å². The Morgan fingerprint density at radius 2 is 1.96 bits per heavy atom. The Labute approximate surface area is 161 Å². The first kappa shape index (κ1) is 19.1. The Kier molecular flexibility index (Phi) is 4.36. The van der Waals surface area contributed by atoms with Crippen molar-refractivity contribution in [1.82, 2.24) is 0 Å². The summed E-state index contributed by atoms with van der Waals surface area (Å²) in [5.41, 5.74) is 1.89. The Balaban J connectivity index is 1.84. The van der Waals surface area contributed by atoms with Gasteiger partial charge in [-0.2, -0.15) is 0 Å². The van der Waals surface area contributed by atoms with E-state index in [4.69, 9.17) is 9.47 Å². The Morgan fingerprint density at radius 1 is 1.26 bits per heavy atom. The number of aliphatic hydroxyl groups is 1. The zero-order valence-electron chi connectivity index (χ0n) is 17.1. The maximum absolute atomic E-state index is 13.6. The van der Waals surface area contributed by atoms with Crippen LogP contribution in [0, 0.1) is 28.6 Å². The average molecular weight is 376 g/mol. The maximum atomic E-state index is 13.6. The molecule has 5 nitrogen and oxygen atoms in total. The van der Waals surface area contributed by atoms with Gasteiger partial charge in [-0.3, -0.25) is 9.59 Å². The normalized spacial score (nSPS) is 46.3. The van der Waals surface area contributed by atoms with Gasteiger partial charge in [0.15, 0.2) is 11.9 Å².